The van der Waals surface area contributed by atoms with Gasteiger partial charge in [-0.15, -0.1) is 0 Å². The van der Waals surface area contributed by atoms with Gasteiger partial charge in [0.1, 0.15) is 6.04 Å². The van der Waals surface area contributed by atoms with Gasteiger partial charge in [-0.2, -0.15) is 0 Å². The highest BCUT2D eigenvalue weighted by molar-refractivity contribution is 5.89. The van der Waals surface area contributed by atoms with Gasteiger partial charge in [0.05, 0.1) is 6.04 Å². The van der Waals surface area contributed by atoms with Crippen molar-refractivity contribution in [3.05, 3.63) is 71.8 Å². The Morgan fingerprint density at radius 1 is 1.00 bits per heavy atom. The van der Waals surface area contributed by atoms with E-state index in [9.17, 15) is 9.59 Å². The molecule has 5 N–H and O–H groups in total. The summed E-state index contributed by atoms with van der Waals surface area (Å²) in [5.74, 6) is -1.20. The van der Waals surface area contributed by atoms with Crippen LogP contribution in [0.1, 0.15) is 24.0 Å². The number of carbonyl (C=O) groups excluding carboxylic acids is 2. The molecule has 5 heteroatoms. The maximum absolute atomic E-state index is 12.4. The Balaban J connectivity index is 2.04. The van der Waals surface area contributed by atoms with Crippen molar-refractivity contribution in [2.45, 2.75) is 31.3 Å². The smallest absolute Gasteiger partial charge is 0.240 e. The normalized spacial score (nSPS) is 14.4. The summed E-state index contributed by atoms with van der Waals surface area (Å²) in [7, 11) is 0. The van der Waals surface area contributed by atoms with Crippen molar-refractivity contribution in [3.8, 4) is 0 Å². The second-order valence-electron chi connectivity index (χ2n) is 5.88. The molecule has 2 aromatic carbocycles. The summed E-state index contributed by atoms with van der Waals surface area (Å²) in [4.78, 5) is 24.2. The average molecular weight is 325 g/mol. The molecule has 2 rings (SSSR count). The molecule has 2 amide bonds. The van der Waals surface area contributed by atoms with E-state index in [1.807, 2.05) is 67.6 Å². The number of carbonyl (C=O) groups is 2. The van der Waals surface area contributed by atoms with E-state index in [1.165, 1.54) is 0 Å². The summed E-state index contributed by atoms with van der Waals surface area (Å²) in [5, 5.41) is 2.70. The minimum Gasteiger partial charge on any atom is -0.368 e. The van der Waals surface area contributed by atoms with E-state index in [2.05, 4.69) is 5.32 Å². The maximum atomic E-state index is 12.4. The molecule has 0 unspecified atom stereocenters. The predicted molar refractivity (Wildman–Crippen MR) is 94.1 cm³/mol. The molecule has 24 heavy (non-hydrogen) atoms. The number of benzene rings is 2. The lowest BCUT2D eigenvalue weighted by atomic mass is 9.92. The fourth-order valence-electron chi connectivity index (χ4n) is 2.61. The van der Waals surface area contributed by atoms with Gasteiger partial charge in [-0.05, 0) is 17.5 Å². The first-order chi connectivity index (χ1) is 11.5. The van der Waals surface area contributed by atoms with Gasteiger partial charge in [0.25, 0.3) is 0 Å². The topological polar surface area (TPSA) is 98.2 Å². The first kappa shape index (κ1) is 17.7. The summed E-state index contributed by atoms with van der Waals surface area (Å²) in [6, 6.07) is 17.4. The standard InChI is InChI=1S/C19H23N3O2/c1-13(15-10-6-3-7-11-15)17(18(21)23)22-19(24)16(20)12-14-8-4-2-5-9-14/h2-11,13,16-17H,12,20H2,1H3,(H2,21,23)(H,22,24)/t13-,16+,17-/m1/s1. The van der Waals surface area contributed by atoms with Crippen molar-refractivity contribution in [1.29, 1.82) is 0 Å². The number of hydrogen-bond donors (Lipinski definition) is 3. The van der Waals surface area contributed by atoms with Crippen LogP contribution < -0.4 is 16.8 Å². The zero-order valence-electron chi connectivity index (χ0n) is 13.7. The van der Waals surface area contributed by atoms with Gasteiger partial charge in [-0.1, -0.05) is 67.6 Å². The lowest BCUT2D eigenvalue weighted by molar-refractivity contribution is -0.128. The summed E-state index contributed by atoms with van der Waals surface area (Å²) in [6.45, 7) is 1.85. The largest absolute Gasteiger partial charge is 0.368 e. The molecule has 0 aliphatic heterocycles. The van der Waals surface area contributed by atoms with Gasteiger partial charge in [0.2, 0.25) is 11.8 Å². The molecule has 0 bridgehead atoms. The van der Waals surface area contributed by atoms with Crippen molar-refractivity contribution in [3.63, 3.8) is 0 Å². The Kier molecular flexibility index (Phi) is 6.09. The lowest BCUT2D eigenvalue weighted by Gasteiger charge is -2.24. The van der Waals surface area contributed by atoms with E-state index >= 15 is 0 Å². The van der Waals surface area contributed by atoms with E-state index in [4.69, 9.17) is 11.5 Å². The molecule has 0 radical (unpaired) electrons. The van der Waals surface area contributed by atoms with Crippen molar-refractivity contribution >= 4 is 11.8 Å². The number of nitrogens with one attached hydrogen (secondary N) is 1. The van der Waals surface area contributed by atoms with Gasteiger partial charge in [-0.25, -0.2) is 0 Å². The van der Waals surface area contributed by atoms with Crippen LogP contribution in [-0.2, 0) is 16.0 Å². The Labute approximate surface area is 142 Å². The molecule has 0 heterocycles. The van der Waals surface area contributed by atoms with E-state index < -0.39 is 18.0 Å². The summed E-state index contributed by atoms with van der Waals surface area (Å²) < 4.78 is 0. The molecular formula is C19H23N3O2. The maximum Gasteiger partial charge on any atom is 0.240 e. The Bertz CT molecular complexity index is 674. The van der Waals surface area contributed by atoms with Gasteiger partial charge >= 0.3 is 0 Å². The molecule has 2 aromatic rings. The first-order valence-electron chi connectivity index (χ1n) is 7.93. The van der Waals surface area contributed by atoms with Crippen LogP contribution in [0.2, 0.25) is 0 Å². The van der Waals surface area contributed by atoms with E-state index in [0.717, 1.165) is 11.1 Å². The number of amides is 2. The third-order valence-electron chi connectivity index (χ3n) is 4.06. The number of primary amides is 1. The monoisotopic (exact) mass is 325 g/mol. The third-order valence-corrected chi connectivity index (χ3v) is 4.06. The zero-order valence-corrected chi connectivity index (χ0v) is 13.7. The Morgan fingerprint density at radius 3 is 2.08 bits per heavy atom. The van der Waals surface area contributed by atoms with Crippen molar-refractivity contribution in [1.82, 2.24) is 5.32 Å². The quantitative estimate of drug-likeness (QED) is 0.716. The summed E-state index contributed by atoms with van der Waals surface area (Å²) >= 11 is 0. The molecule has 0 aromatic heterocycles. The molecule has 5 nitrogen and oxygen atoms in total. The number of hydrogen-bond acceptors (Lipinski definition) is 3. The molecule has 0 aliphatic carbocycles. The Hall–Kier alpha value is -2.66. The SMILES string of the molecule is C[C@H](c1ccccc1)[C@@H](NC(=O)[C@@H](N)Cc1ccccc1)C(N)=O. The van der Waals surface area contributed by atoms with Crippen LogP contribution in [0.4, 0.5) is 0 Å². The third kappa shape index (κ3) is 4.67. The van der Waals surface area contributed by atoms with E-state index in [-0.39, 0.29) is 11.8 Å². The van der Waals surface area contributed by atoms with Crippen molar-refractivity contribution < 1.29 is 9.59 Å². The highest BCUT2D eigenvalue weighted by atomic mass is 16.2. The van der Waals surface area contributed by atoms with Gasteiger partial charge < -0.3 is 16.8 Å². The van der Waals surface area contributed by atoms with Crippen LogP contribution in [-0.4, -0.2) is 23.9 Å². The van der Waals surface area contributed by atoms with Gasteiger partial charge in [0, 0.05) is 5.92 Å². The summed E-state index contributed by atoms with van der Waals surface area (Å²) in [6.07, 6.45) is 0.401. The first-order valence-corrected chi connectivity index (χ1v) is 7.93. The molecule has 0 saturated carbocycles. The van der Waals surface area contributed by atoms with Crippen LogP contribution in [0.15, 0.2) is 60.7 Å². The van der Waals surface area contributed by atoms with Crippen molar-refractivity contribution in [2.24, 2.45) is 11.5 Å². The predicted octanol–water partition coefficient (Wildman–Crippen LogP) is 1.33. The second-order valence-corrected chi connectivity index (χ2v) is 5.88. The Morgan fingerprint density at radius 2 is 1.54 bits per heavy atom. The molecule has 0 saturated heterocycles. The number of rotatable bonds is 7. The fourth-order valence-corrected chi connectivity index (χ4v) is 2.61. The molecular weight excluding hydrogens is 302 g/mol. The fraction of sp³-hybridized carbons (Fsp3) is 0.263. The van der Waals surface area contributed by atoms with Gasteiger partial charge in [0.15, 0.2) is 0 Å². The molecule has 3 atom stereocenters. The molecule has 0 spiro atoms. The van der Waals surface area contributed by atoms with Crippen LogP contribution >= 0.6 is 0 Å². The van der Waals surface area contributed by atoms with E-state index in [1.54, 1.807) is 0 Å². The minimum absolute atomic E-state index is 0.239. The highest BCUT2D eigenvalue weighted by Gasteiger charge is 2.27. The zero-order chi connectivity index (χ0) is 17.5. The second kappa shape index (κ2) is 8.26. The minimum atomic E-state index is -0.804. The van der Waals surface area contributed by atoms with Crippen molar-refractivity contribution in [2.75, 3.05) is 0 Å². The molecule has 0 aliphatic rings. The van der Waals surface area contributed by atoms with Crippen LogP contribution in [0.25, 0.3) is 0 Å². The highest BCUT2D eigenvalue weighted by Crippen LogP contribution is 2.19. The van der Waals surface area contributed by atoms with Crippen LogP contribution in [0.5, 0.6) is 0 Å². The summed E-state index contributed by atoms with van der Waals surface area (Å²) in [5.41, 5.74) is 13.3. The van der Waals surface area contributed by atoms with E-state index in [0.29, 0.717) is 6.42 Å². The molecule has 126 valence electrons. The number of nitrogens with two attached hydrogens (primary N) is 2. The lowest BCUT2D eigenvalue weighted by Crippen LogP contribution is -2.53. The molecule has 0 fully saturated rings. The van der Waals surface area contributed by atoms with Gasteiger partial charge in [-0.3, -0.25) is 9.59 Å². The average Bonchev–Trinajstić information content (AvgIpc) is 2.60. The van der Waals surface area contributed by atoms with Crippen LogP contribution in [0.3, 0.4) is 0 Å². The van der Waals surface area contributed by atoms with Crippen LogP contribution in [0, 0.1) is 0 Å².